The van der Waals surface area contributed by atoms with Crippen molar-refractivity contribution in [3.05, 3.63) is 37.3 Å². The van der Waals surface area contributed by atoms with E-state index < -0.39 is 5.09 Å². The molecule has 1 aromatic carbocycles. The highest BCUT2D eigenvalue weighted by atomic mass is 79.9. The lowest BCUT2D eigenvalue weighted by Crippen LogP contribution is -2.06. The number of hydrogen-bond donors (Lipinski definition) is 3. The molecular formula is C6H7Br2N3O3. The van der Waals surface area contributed by atoms with Gasteiger partial charge in [0.15, 0.2) is 0 Å². The number of nitrogens with zero attached hydrogens (tertiary/aromatic N) is 1. The molecule has 0 saturated heterocycles. The van der Waals surface area contributed by atoms with Gasteiger partial charge in [-0.1, -0.05) is 15.9 Å². The first-order valence-electron chi connectivity index (χ1n) is 3.22. The van der Waals surface area contributed by atoms with Crippen molar-refractivity contribution in [1.29, 1.82) is 0 Å². The van der Waals surface area contributed by atoms with E-state index in [4.69, 9.17) is 21.2 Å². The Hall–Kier alpha value is -0.860. The second kappa shape index (κ2) is 6.57. The standard InChI is InChI=1S/C6H6Br2N2.HNO3/c7-4-1-2-6(10-9)5(8)3-4;2-1(3)4/h1-3,10H,9H2;(H,2,3,4). The van der Waals surface area contributed by atoms with Gasteiger partial charge in [-0.05, 0) is 34.1 Å². The van der Waals surface area contributed by atoms with E-state index in [9.17, 15) is 0 Å². The van der Waals surface area contributed by atoms with Gasteiger partial charge in [-0.25, -0.2) is 0 Å². The van der Waals surface area contributed by atoms with Gasteiger partial charge in [0.25, 0.3) is 5.09 Å². The minimum atomic E-state index is -1.50. The van der Waals surface area contributed by atoms with Crippen LogP contribution >= 0.6 is 31.9 Å². The highest BCUT2D eigenvalue weighted by Gasteiger charge is 1.95. The molecule has 0 heterocycles. The van der Waals surface area contributed by atoms with Crippen LogP contribution in [-0.2, 0) is 0 Å². The molecule has 0 fully saturated rings. The van der Waals surface area contributed by atoms with Gasteiger partial charge < -0.3 is 10.6 Å². The van der Waals surface area contributed by atoms with Crippen LogP contribution in [0, 0.1) is 10.1 Å². The molecule has 1 aromatic rings. The third kappa shape index (κ3) is 5.73. The predicted octanol–water partition coefficient (Wildman–Crippen LogP) is 2.15. The van der Waals surface area contributed by atoms with Crippen LogP contribution in [0.15, 0.2) is 27.1 Å². The van der Waals surface area contributed by atoms with Crippen LogP contribution in [0.5, 0.6) is 0 Å². The molecule has 0 bridgehead atoms. The maximum Gasteiger partial charge on any atom is 0.291 e. The molecule has 0 radical (unpaired) electrons. The van der Waals surface area contributed by atoms with E-state index in [0.29, 0.717) is 0 Å². The third-order valence-corrected chi connectivity index (χ3v) is 2.24. The SMILES string of the molecule is NNc1ccc(Br)cc1Br.O=[N+]([O-])O. The molecule has 6 nitrogen and oxygen atoms in total. The highest BCUT2D eigenvalue weighted by Crippen LogP contribution is 2.24. The first-order chi connectivity index (χ1) is 6.47. The van der Waals surface area contributed by atoms with Gasteiger partial charge in [0.1, 0.15) is 0 Å². The monoisotopic (exact) mass is 327 g/mol. The molecule has 0 aliphatic rings. The molecule has 0 aromatic heterocycles. The Balaban J connectivity index is 0.000000364. The van der Waals surface area contributed by atoms with E-state index in [1.165, 1.54) is 0 Å². The molecule has 0 saturated carbocycles. The Bertz CT molecular complexity index is 317. The van der Waals surface area contributed by atoms with E-state index in [1.54, 1.807) is 0 Å². The van der Waals surface area contributed by atoms with Gasteiger partial charge in [0, 0.05) is 8.95 Å². The summed E-state index contributed by atoms with van der Waals surface area (Å²) in [5, 5.41) is 13.6. The van der Waals surface area contributed by atoms with Crippen LogP contribution in [0.4, 0.5) is 5.69 Å². The Morgan fingerprint density at radius 1 is 1.50 bits per heavy atom. The van der Waals surface area contributed by atoms with E-state index in [0.717, 1.165) is 14.6 Å². The number of halogens is 2. The van der Waals surface area contributed by atoms with Crippen LogP contribution in [0.3, 0.4) is 0 Å². The predicted molar refractivity (Wildman–Crippen MR) is 58.4 cm³/mol. The maximum absolute atomic E-state index is 8.36. The van der Waals surface area contributed by atoms with Crippen LogP contribution in [0.2, 0.25) is 0 Å². The number of hydrazine groups is 1. The van der Waals surface area contributed by atoms with Gasteiger partial charge in [-0.3, -0.25) is 5.84 Å². The summed E-state index contributed by atoms with van der Waals surface area (Å²) in [7, 11) is 0. The van der Waals surface area contributed by atoms with Crippen LogP contribution < -0.4 is 11.3 Å². The quantitative estimate of drug-likeness (QED) is 0.416. The first kappa shape index (κ1) is 13.1. The number of hydrogen-bond acceptors (Lipinski definition) is 4. The van der Waals surface area contributed by atoms with E-state index >= 15 is 0 Å². The summed E-state index contributed by atoms with van der Waals surface area (Å²) in [6.07, 6.45) is 0. The van der Waals surface area contributed by atoms with Gasteiger partial charge in [-0.2, -0.15) is 0 Å². The Kier molecular flexibility index (Phi) is 6.17. The van der Waals surface area contributed by atoms with E-state index in [-0.39, 0.29) is 0 Å². The minimum absolute atomic E-state index is 0.878. The zero-order valence-electron chi connectivity index (χ0n) is 6.78. The topological polar surface area (TPSA) is 101 Å². The normalized spacial score (nSPS) is 8.50. The molecule has 8 heteroatoms. The van der Waals surface area contributed by atoms with Crippen molar-refractivity contribution in [2.75, 3.05) is 5.43 Å². The summed E-state index contributed by atoms with van der Waals surface area (Å²) < 4.78 is 1.97. The number of benzene rings is 1. The fourth-order valence-electron chi connectivity index (χ4n) is 0.607. The van der Waals surface area contributed by atoms with E-state index in [2.05, 4.69) is 37.3 Å². The maximum atomic E-state index is 8.36. The number of anilines is 1. The van der Waals surface area contributed by atoms with Crippen LogP contribution in [0.1, 0.15) is 0 Å². The summed E-state index contributed by atoms with van der Waals surface area (Å²) in [4.78, 5) is 8.36. The van der Waals surface area contributed by atoms with Crippen molar-refractivity contribution < 1.29 is 10.3 Å². The van der Waals surface area contributed by atoms with Crippen molar-refractivity contribution in [2.24, 2.45) is 5.84 Å². The molecule has 14 heavy (non-hydrogen) atoms. The van der Waals surface area contributed by atoms with Crippen molar-refractivity contribution >= 4 is 37.5 Å². The number of rotatable bonds is 1. The van der Waals surface area contributed by atoms with Crippen molar-refractivity contribution in [3.8, 4) is 0 Å². The zero-order valence-corrected chi connectivity index (χ0v) is 9.95. The van der Waals surface area contributed by atoms with Crippen molar-refractivity contribution in [1.82, 2.24) is 0 Å². The Morgan fingerprint density at radius 3 is 2.36 bits per heavy atom. The first-order valence-corrected chi connectivity index (χ1v) is 4.81. The number of nitrogens with two attached hydrogens (primary N) is 1. The summed E-state index contributed by atoms with van der Waals surface area (Å²) in [6.45, 7) is 0. The fourth-order valence-corrected chi connectivity index (χ4v) is 1.77. The summed E-state index contributed by atoms with van der Waals surface area (Å²) in [5.41, 5.74) is 3.43. The lowest BCUT2D eigenvalue weighted by atomic mass is 10.3. The molecule has 78 valence electrons. The smallest absolute Gasteiger partial charge is 0.291 e. The summed E-state index contributed by atoms with van der Waals surface area (Å²) in [5.74, 6) is 5.21. The Morgan fingerprint density at radius 2 is 2.00 bits per heavy atom. The molecule has 4 N–H and O–H groups in total. The minimum Gasteiger partial charge on any atom is -0.328 e. The van der Waals surface area contributed by atoms with Crippen molar-refractivity contribution in [3.63, 3.8) is 0 Å². The largest absolute Gasteiger partial charge is 0.328 e. The second-order valence-corrected chi connectivity index (χ2v) is 3.78. The van der Waals surface area contributed by atoms with Crippen LogP contribution in [-0.4, -0.2) is 10.3 Å². The molecule has 1 rings (SSSR count). The summed E-state index contributed by atoms with van der Waals surface area (Å²) in [6, 6.07) is 5.73. The third-order valence-electron chi connectivity index (χ3n) is 1.09. The molecule has 0 atom stereocenters. The molecular weight excluding hydrogens is 322 g/mol. The molecule has 0 unspecified atom stereocenters. The number of nitrogens with one attached hydrogen (secondary N) is 1. The second-order valence-electron chi connectivity index (χ2n) is 2.01. The molecule has 0 amide bonds. The molecule has 0 aliphatic carbocycles. The van der Waals surface area contributed by atoms with Crippen LogP contribution in [0.25, 0.3) is 0 Å². The molecule has 0 spiro atoms. The van der Waals surface area contributed by atoms with Crippen molar-refractivity contribution in [2.45, 2.75) is 0 Å². The zero-order chi connectivity index (χ0) is 11.1. The lowest BCUT2D eigenvalue weighted by molar-refractivity contribution is -0.742. The summed E-state index contributed by atoms with van der Waals surface area (Å²) >= 11 is 6.66. The average Bonchev–Trinajstić information content (AvgIpc) is 2.03. The van der Waals surface area contributed by atoms with Gasteiger partial charge in [0.2, 0.25) is 0 Å². The van der Waals surface area contributed by atoms with Gasteiger partial charge >= 0.3 is 0 Å². The average molecular weight is 329 g/mol. The van der Waals surface area contributed by atoms with Gasteiger partial charge in [0.05, 0.1) is 5.69 Å². The Labute approximate surface area is 96.4 Å². The fraction of sp³-hybridized carbons (Fsp3) is 0. The molecule has 0 aliphatic heterocycles. The van der Waals surface area contributed by atoms with Gasteiger partial charge in [-0.15, -0.1) is 10.1 Å². The number of nitrogen functional groups attached to an aromatic ring is 1. The highest BCUT2D eigenvalue weighted by molar-refractivity contribution is 9.11. The lowest BCUT2D eigenvalue weighted by Gasteiger charge is -2.01. The van der Waals surface area contributed by atoms with E-state index in [1.807, 2.05) is 18.2 Å².